The molecule has 1 rings (SSSR count). The standard InChI is InChI=1S/C19H30O/c1-7-9-16(8-2)17-10-11-19(20-13-14(3)4)18(12-17)15(5)6/h7,10-12,14-16H,1,8-9,13H2,2-6H3. The van der Waals surface area contributed by atoms with E-state index in [4.69, 9.17) is 4.74 Å². The zero-order chi connectivity index (χ0) is 15.1. The van der Waals surface area contributed by atoms with Gasteiger partial charge in [0.05, 0.1) is 6.61 Å². The topological polar surface area (TPSA) is 9.23 Å². The third kappa shape index (κ3) is 4.70. The van der Waals surface area contributed by atoms with Gasteiger partial charge in [-0.15, -0.1) is 6.58 Å². The molecule has 0 aliphatic carbocycles. The van der Waals surface area contributed by atoms with Gasteiger partial charge < -0.3 is 4.74 Å². The molecule has 0 radical (unpaired) electrons. The van der Waals surface area contributed by atoms with Crippen LogP contribution in [0.4, 0.5) is 0 Å². The molecule has 0 fully saturated rings. The van der Waals surface area contributed by atoms with E-state index in [1.165, 1.54) is 11.1 Å². The van der Waals surface area contributed by atoms with Crippen LogP contribution in [0, 0.1) is 5.92 Å². The molecular formula is C19H30O. The Bertz CT molecular complexity index is 418. The highest BCUT2D eigenvalue weighted by atomic mass is 16.5. The van der Waals surface area contributed by atoms with Crippen molar-refractivity contribution in [2.75, 3.05) is 6.61 Å². The Morgan fingerprint density at radius 3 is 2.40 bits per heavy atom. The van der Waals surface area contributed by atoms with Crippen LogP contribution in [0.25, 0.3) is 0 Å². The summed E-state index contributed by atoms with van der Waals surface area (Å²) in [6.45, 7) is 15.7. The molecule has 0 saturated carbocycles. The van der Waals surface area contributed by atoms with Crippen LogP contribution in [0.1, 0.15) is 70.4 Å². The van der Waals surface area contributed by atoms with Crippen molar-refractivity contribution < 1.29 is 4.74 Å². The molecule has 20 heavy (non-hydrogen) atoms. The van der Waals surface area contributed by atoms with Crippen molar-refractivity contribution >= 4 is 0 Å². The lowest BCUT2D eigenvalue weighted by molar-refractivity contribution is 0.267. The summed E-state index contributed by atoms with van der Waals surface area (Å²) in [5.74, 6) is 2.66. The second kappa shape index (κ2) is 8.14. The lowest BCUT2D eigenvalue weighted by atomic mass is 9.89. The minimum absolute atomic E-state index is 0.485. The van der Waals surface area contributed by atoms with Gasteiger partial charge in [-0.1, -0.05) is 52.8 Å². The summed E-state index contributed by atoms with van der Waals surface area (Å²) < 4.78 is 5.97. The molecular weight excluding hydrogens is 244 g/mol. The molecule has 1 atom stereocenters. The van der Waals surface area contributed by atoms with E-state index >= 15 is 0 Å². The highest BCUT2D eigenvalue weighted by Gasteiger charge is 2.14. The second-order valence-corrected chi connectivity index (χ2v) is 6.29. The molecule has 1 aromatic rings. The minimum Gasteiger partial charge on any atom is -0.493 e. The van der Waals surface area contributed by atoms with Gasteiger partial charge in [0.15, 0.2) is 0 Å². The maximum atomic E-state index is 5.97. The molecule has 0 amide bonds. The third-order valence-electron chi connectivity index (χ3n) is 3.64. The first-order valence-electron chi connectivity index (χ1n) is 7.87. The number of rotatable bonds is 8. The number of hydrogen-bond donors (Lipinski definition) is 0. The van der Waals surface area contributed by atoms with Gasteiger partial charge in [-0.3, -0.25) is 0 Å². The quantitative estimate of drug-likeness (QED) is 0.535. The van der Waals surface area contributed by atoms with Gasteiger partial charge in [0, 0.05) is 0 Å². The van der Waals surface area contributed by atoms with Crippen molar-refractivity contribution in [2.45, 2.75) is 59.3 Å². The lowest BCUT2D eigenvalue weighted by Crippen LogP contribution is -2.07. The molecule has 0 aliphatic heterocycles. The SMILES string of the molecule is C=CCC(CC)c1ccc(OCC(C)C)c(C(C)C)c1. The molecule has 0 N–H and O–H groups in total. The number of hydrogen-bond acceptors (Lipinski definition) is 1. The summed E-state index contributed by atoms with van der Waals surface area (Å²) in [6.07, 6.45) is 4.21. The molecule has 0 bridgehead atoms. The van der Waals surface area contributed by atoms with Crippen molar-refractivity contribution in [3.63, 3.8) is 0 Å². The van der Waals surface area contributed by atoms with E-state index in [-0.39, 0.29) is 0 Å². The van der Waals surface area contributed by atoms with E-state index in [1.807, 2.05) is 6.08 Å². The maximum Gasteiger partial charge on any atom is 0.122 e. The van der Waals surface area contributed by atoms with E-state index in [9.17, 15) is 0 Å². The number of allylic oxidation sites excluding steroid dienone is 1. The Labute approximate surface area is 125 Å². The minimum atomic E-state index is 0.485. The average molecular weight is 274 g/mol. The molecule has 1 nitrogen and oxygen atoms in total. The van der Waals surface area contributed by atoms with E-state index < -0.39 is 0 Å². The number of benzene rings is 1. The van der Waals surface area contributed by atoms with Crippen LogP contribution in [-0.2, 0) is 0 Å². The Hall–Kier alpha value is -1.24. The molecule has 0 spiro atoms. The summed E-state index contributed by atoms with van der Waals surface area (Å²) in [5.41, 5.74) is 2.73. The van der Waals surface area contributed by atoms with E-state index in [2.05, 4.69) is 59.4 Å². The van der Waals surface area contributed by atoms with Crippen LogP contribution in [0.2, 0.25) is 0 Å². The highest BCUT2D eigenvalue weighted by Crippen LogP contribution is 2.32. The van der Waals surface area contributed by atoms with Crippen LogP contribution in [-0.4, -0.2) is 6.61 Å². The first kappa shape index (κ1) is 16.8. The van der Waals surface area contributed by atoms with Crippen molar-refractivity contribution in [3.05, 3.63) is 42.0 Å². The van der Waals surface area contributed by atoms with E-state index in [1.54, 1.807) is 0 Å². The van der Waals surface area contributed by atoms with Crippen molar-refractivity contribution in [1.29, 1.82) is 0 Å². The molecule has 1 aromatic carbocycles. The summed E-state index contributed by atoms with van der Waals surface area (Å²) in [6, 6.07) is 6.70. The van der Waals surface area contributed by atoms with Gasteiger partial charge in [-0.2, -0.15) is 0 Å². The zero-order valence-corrected chi connectivity index (χ0v) is 13.8. The van der Waals surface area contributed by atoms with E-state index in [0.717, 1.165) is 25.2 Å². The molecule has 0 heterocycles. The Kier molecular flexibility index (Phi) is 6.84. The van der Waals surface area contributed by atoms with Gasteiger partial charge in [-0.25, -0.2) is 0 Å². The first-order valence-corrected chi connectivity index (χ1v) is 7.87. The predicted molar refractivity (Wildman–Crippen MR) is 88.7 cm³/mol. The van der Waals surface area contributed by atoms with Gasteiger partial charge in [-0.05, 0) is 47.8 Å². The van der Waals surface area contributed by atoms with Crippen LogP contribution in [0.5, 0.6) is 5.75 Å². The van der Waals surface area contributed by atoms with Crippen molar-refractivity contribution in [3.8, 4) is 5.75 Å². The van der Waals surface area contributed by atoms with Gasteiger partial charge >= 0.3 is 0 Å². The van der Waals surface area contributed by atoms with Gasteiger partial charge in [0.2, 0.25) is 0 Å². The lowest BCUT2D eigenvalue weighted by Gasteiger charge is -2.20. The maximum absolute atomic E-state index is 5.97. The smallest absolute Gasteiger partial charge is 0.122 e. The zero-order valence-electron chi connectivity index (χ0n) is 13.8. The summed E-state index contributed by atoms with van der Waals surface area (Å²) in [4.78, 5) is 0. The van der Waals surface area contributed by atoms with Crippen LogP contribution < -0.4 is 4.74 Å². The Balaban J connectivity index is 3.02. The van der Waals surface area contributed by atoms with Crippen LogP contribution >= 0.6 is 0 Å². The fraction of sp³-hybridized carbons (Fsp3) is 0.579. The van der Waals surface area contributed by atoms with Crippen LogP contribution in [0.3, 0.4) is 0 Å². The molecule has 0 aromatic heterocycles. The third-order valence-corrected chi connectivity index (χ3v) is 3.64. The summed E-state index contributed by atoms with van der Waals surface area (Å²) in [5, 5.41) is 0. The summed E-state index contributed by atoms with van der Waals surface area (Å²) in [7, 11) is 0. The largest absolute Gasteiger partial charge is 0.493 e. The first-order chi connectivity index (χ1) is 9.49. The van der Waals surface area contributed by atoms with E-state index in [0.29, 0.717) is 17.8 Å². The second-order valence-electron chi connectivity index (χ2n) is 6.29. The van der Waals surface area contributed by atoms with Crippen LogP contribution in [0.15, 0.2) is 30.9 Å². The average Bonchev–Trinajstić information content (AvgIpc) is 2.42. The molecule has 1 heteroatoms. The molecule has 112 valence electrons. The molecule has 1 unspecified atom stereocenters. The predicted octanol–water partition coefficient (Wildman–Crippen LogP) is 5.91. The monoisotopic (exact) mass is 274 g/mol. The van der Waals surface area contributed by atoms with Crippen molar-refractivity contribution in [1.82, 2.24) is 0 Å². The van der Waals surface area contributed by atoms with Crippen molar-refractivity contribution in [2.24, 2.45) is 5.92 Å². The Morgan fingerprint density at radius 2 is 1.90 bits per heavy atom. The fourth-order valence-corrected chi connectivity index (χ4v) is 2.40. The molecule has 0 saturated heterocycles. The Morgan fingerprint density at radius 1 is 1.20 bits per heavy atom. The fourth-order valence-electron chi connectivity index (χ4n) is 2.40. The van der Waals surface area contributed by atoms with Gasteiger partial charge in [0.25, 0.3) is 0 Å². The van der Waals surface area contributed by atoms with Gasteiger partial charge in [0.1, 0.15) is 5.75 Å². The normalized spacial score (nSPS) is 12.8. The molecule has 0 aliphatic rings. The summed E-state index contributed by atoms with van der Waals surface area (Å²) >= 11 is 0. The highest BCUT2D eigenvalue weighted by molar-refractivity contribution is 5.40. The number of ether oxygens (including phenoxy) is 1.